The molecule has 1 N–H and O–H groups in total. The minimum atomic E-state index is -4.10. The maximum Gasteiger partial charge on any atom is 0.243 e. The lowest BCUT2D eigenvalue weighted by Crippen LogP contribution is -2.32. The third-order valence-corrected chi connectivity index (χ3v) is 7.92. The van der Waals surface area contributed by atoms with Gasteiger partial charge in [0.25, 0.3) is 0 Å². The van der Waals surface area contributed by atoms with E-state index >= 15 is 0 Å². The van der Waals surface area contributed by atoms with Crippen molar-refractivity contribution in [2.24, 2.45) is 4.99 Å². The Morgan fingerprint density at radius 2 is 1.84 bits per heavy atom. The third-order valence-electron chi connectivity index (χ3n) is 6.07. The molecule has 0 amide bonds. The summed E-state index contributed by atoms with van der Waals surface area (Å²) in [7, 11) is 0.336. The first kappa shape index (κ1) is 27.1. The van der Waals surface area contributed by atoms with Gasteiger partial charge in [-0.15, -0.1) is 10.2 Å². The van der Waals surface area contributed by atoms with E-state index in [2.05, 4.69) is 34.9 Å². The van der Waals surface area contributed by atoms with Crippen molar-refractivity contribution in [3.8, 4) is 17.4 Å². The number of halogens is 1. The molecule has 1 unspecified atom stereocenters. The number of ether oxygens (including phenoxy) is 3. The second-order valence-electron chi connectivity index (χ2n) is 8.31. The first-order valence-electron chi connectivity index (χ1n) is 11.5. The van der Waals surface area contributed by atoms with Crippen LogP contribution in [0.5, 0.6) is 5.88 Å². The van der Waals surface area contributed by atoms with Crippen LogP contribution in [0.1, 0.15) is 32.0 Å². The molecule has 1 aliphatic heterocycles. The summed E-state index contributed by atoms with van der Waals surface area (Å²) in [5.74, 6) is -0.534. The van der Waals surface area contributed by atoms with E-state index in [1.54, 1.807) is 31.3 Å². The number of aromatic nitrogens is 6. The summed E-state index contributed by atoms with van der Waals surface area (Å²) in [4.78, 5) is 16.6. The Bertz CT molecular complexity index is 1460. The van der Waals surface area contributed by atoms with Gasteiger partial charge in [0, 0.05) is 31.7 Å². The molecule has 3 aromatic heterocycles. The smallest absolute Gasteiger partial charge is 0.243 e. The highest BCUT2D eigenvalue weighted by Gasteiger charge is 2.34. The highest BCUT2D eigenvalue weighted by atomic mass is 32.2. The molecule has 1 aliphatic rings. The standard InChI is InChI=1S/C23H27FN8O5S/c1-13(20-26-11-15(24)12-27-20)14(2)38(33,34)31-23-30-29-21(16-7-6-8-18(28-16)36-4)32(23)19-17(35-3)9-10-25-22(19)37-5/h6-8,10-14,17H,9H2,1-5H3,(H,30,31)/t13-,14-,17?/m0/s1. The number of aliphatic imine (C=N–C) groups is 1. The predicted octanol–water partition coefficient (Wildman–Crippen LogP) is 2.47. The Balaban J connectivity index is 1.82. The van der Waals surface area contributed by atoms with Crippen molar-refractivity contribution in [2.75, 3.05) is 26.1 Å². The van der Waals surface area contributed by atoms with E-state index < -0.39 is 33.1 Å². The lowest BCUT2D eigenvalue weighted by atomic mass is 10.1. The van der Waals surface area contributed by atoms with Crippen molar-refractivity contribution in [3.63, 3.8) is 0 Å². The van der Waals surface area contributed by atoms with E-state index in [1.807, 2.05) is 0 Å². The SMILES string of the molecule is COC1=C(n2c(NS(=O)(=O)[C@@H](C)[C@H](C)c3ncc(F)cn3)nnc2-c2cccc(OC)n2)C(OC)CC=N1. The largest absolute Gasteiger partial charge is 0.481 e. The summed E-state index contributed by atoms with van der Waals surface area (Å²) in [6, 6.07) is 5.06. The molecule has 0 saturated heterocycles. The first-order valence-corrected chi connectivity index (χ1v) is 13.0. The van der Waals surface area contributed by atoms with Gasteiger partial charge in [0.15, 0.2) is 11.6 Å². The number of hydrogen-bond donors (Lipinski definition) is 1. The average Bonchev–Trinajstić information content (AvgIpc) is 3.34. The van der Waals surface area contributed by atoms with Crippen molar-refractivity contribution in [3.05, 3.63) is 48.1 Å². The zero-order valence-electron chi connectivity index (χ0n) is 21.4. The Morgan fingerprint density at radius 3 is 2.50 bits per heavy atom. The number of sulfonamides is 1. The van der Waals surface area contributed by atoms with Gasteiger partial charge in [-0.05, 0) is 13.0 Å². The Hall–Kier alpha value is -3.98. The van der Waals surface area contributed by atoms with Crippen LogP contribution in [0, 0.1) is 5.82 Å². The van der Waals surface area contributed by atoms with E-state index in [9.17, 15) is 12.8 Å². The highest BCUT2D eigenvalue weighted by Crippen LogP contribution is 2.33. The van der Waals surface area contributed by atoms with Gasteiger partial charge < -0.3 is 14.2 Å². The molecule has 202 valence electrons. The van der Waals surface area contributed by atoms with Crippen LogP contribution in [0.2, 0.25) is 0 Å². The lowest BCUT2D eigenvalue weighted by Gasteiger charge is -2.25. The Labute approximate surface area is 218 Å². The molecule has 4 heterocycles. The summed E-state index contributed by atoms with van der Waals surface area (Å²) >= 11 is 0. The number of rotatable bonds is 10. The van der Waals surface area contributed by atoms with Crippen molar-refractivity contribution >= 4 is 27.9 Å². The number of methoxy groups -OCH3 is 3. The van der Waals surface area contributed by atoms with E-state index in [4.69, 9.17) is 14.2 Å². The number of hydrogen-bond acceptors (Lipinski definition) is 11. The topological polar surface area (TPSA) is 156 Å². The molecule has 0 fully saturated rings. The van der Waals surface area contributed by atoms with E-state index in [0.717, 1.165) is 12.4 Å². The highest BCUT2D eigenvalue weighted by molar-refractivity contribution is 7.93. The summed E-state index contributed by atoms with van der Waals surface area (Å²) in [6.45, 7) is 3.13. The molecule has 0 aromatic carbocycles. The molecule has 0 aliphatic carbocycles. The van der Waals surface area contributed by atoms with Gasteiger partial charge >= 0.3 is 0 Å². The fourth-order valence-corrected chi connectivity index (χ4v) is 5.04. The van der Waals surface area contributed by atoms with Gasteiger partial charge in [-0.3, -0.25) is 9.29 Å². The molecule has 0 spiro atoms. The molecule has 0 saturated carbocycles. The van der Waals surface area contributed by atoms with Crippen molar-refractivity contribution in [1.82, 2.24) is 29.7 Å². The summed E-state index contributed by atoms with van der Waals surface area (Å²) in [5.41, 5.74) is 0.734. The van der Waals surface area contributed by atoms with Gasteiger partial charge in [-0.1, -0.05) is 13.0 Å². The summed E-state index contributed by atoms with van der Waals surface area (Å²) in [5, 5.41) is 7.34. The van der Waals surface area contributed by atoms with Crippen LogP contribution < -0.4 is 9.46 Å². The molecule has 0 bridgehead atoms. The first-order chi connectivity index (χ1) is 18.2. The zero-order valence-corrected chi connectivity index (χ0v) is 22.2. The normalized spacial score (nSPS) is 17.3. The van der Waals surface area contributed by atoms with E-state index in [-0.39, 0.29) is 23.5 Å². The van der Waals surface area contributed by atoms with E-state index in [0.29, 0.717) is 23.7 Å². The van der Waals surface area contributed by atoms with Crippen LogP contribution in [0.15, 0.2) is 41.5 Å². The van der Waals surface area contributed by atoms with Crippen molar-refractivity contribution < 1.29 is 27.0 Å². The molecule has 15 heteroatoms. The van der Waals surface area contributed by atoms with Gasteiger partial charge in [0.2, 0.25) is 27.7 Å². The van der Waals surface area contributed by atoms with Crippen LogP contribution in [-0.2, 0) is 19.5 Å². The predicted molar refractivity (Wildman–Crippen MR) is 136 cm³/mol. The molecule has 4 rings (SSSR count). The Kier molecular flexibility index (Phi) is 7.97. The number of nitrogens with zero attached hydrogens (tertiary/aromatic N) is 7. The molecule has 3 atom stereocenters. The van der Waals surface area contributed by atoms with E-state index in [1.165, 1.54) is 32.8 Å². The van der Waals surface area contributed by atoms with Crippen molar-refractivity contribution in [2.45, 2.75) is 37.5 Å². The van der Waals surface area contributed by atoms with Crippen LogP contribution in [0.25, 0.3) is 17.2 Å². The second-order valence-corrected chi connectivity index (χ2v) is 10.4. The maximum absolute atomic E-state index is 13.5. The van der Waals surface area contributed by atoms with Gasteiger partial charge in [0.05, 0.1) is 31.9 Å². The third kappa shape index (κ3) is 5.33. The molecular weight excluding hydrogens is 519 g/mol. The minimum absolute atomic E-state index is 0.132. The molecule has 0 radical (unpaired) electrons. The van der Waals surface area contributed by atoms with Gasteiger partial charge in [-0.2, -0.15) is 0 Å². The van der Waals surface area contributed by atoms with Crippen LogP contribution >= 0.6 is 0 Å². The molecular formula is C23H27FN8O5S. The number of nitrogens with one attached hydrogen (secondary N) is 1. The summed E-state index contributed by atoms with van der Waals surface area (Å²) in [6.07, 6.45) is 3.45. The molecule has 13 nitrogen and oxygen atoms in total. The van der Waals surface area contributed by atoms with Crippen molar-refractivity contribution in [1.29, 1.82) is 0 Å². The number of pyridine rings is 1. The number of anilines is 1. The molecule has 3 aromatic rings. The Morgan fingerprint density at radius 1 is 1.11 bits per heavy atom. The lowest BCUT2D eigenvalue weighted by molar-refractivity contribution is 0.143. The maximum atomic E-state index is 13.5. The van der Waals surface area contributed by atoms with Crippen LogP contribution in [-0.4, -0.2) is 77.0 Å². The zero-order chi connectivity index (χ0) is 27.4. The van der Waals surface area contributed by atoms with Gasteiger partial charge in [-0.25, -0.2) is 32.8 Å². The monoisotopic (exact) mass is 546 g/mol. The van der Waals surface area contributed by atoms with Gasteiger partial charge in [0.1, 0.15) is 23.3 Å². The van der Waals surface area contributed by atoms with Crippen LogP contribution in [0.3, 0.4) is 0 Å². The quantitative estimate of drug-likeness (QED) is 0.401. The van der Waals surface area contributed by atoms with Crippen LogP contribution in [0.4, 0.5) is 10.3 Å². The fraction of sp³-hybridized carbons (Fsp3) is 0.391. The average molecular weight is 547 g/mol. The fourth-order valence-electron chi connectivity index (χ4n) is 3.81. The minimum Gasteiger partial charge on any atom is -0.481 e. The summed E-state index contributed by atoms with van der Waals surface area (Å²) < 4.78 is 60.7. The molecule has 38 heavy (non-hydrogen) atoms. The second kappa shape index (κ2) is 11.2.